The summed E-state index contributed by atoms with van der Waals surface area (Å²) in [6.07, 6.45) is 2.31. The Hall–Kier alpha value is -2.87. The van der Waals surface area contributed by atoms with Gasteiger partial charge < -0.3 is 9.88 Å². The van der Waals surface area contributed by atoms with Crippen molar-refractivity contribution in [2.45, 2.75) is 26.3 Å². The Morgan fingerprint density at radius 1 is 1.22 bits per heavy atom. The summed E-state index contributed by atoms with van der Waals surface area (Å²) in [5.41, 5.74) is 1.45. The van der Waals surface area contributed by atoms with E-state index in [9.17, 15) is 14.4 Å². The lowest BCUT2D eigenvalue weighted by atomic mass is 10.2. The minimum atomic E-state index is -0.422. The Kier molecular flexibility index (Phi) is 5.18. The van der Waals surface area contributed by atoms with Crippen molar-refractivity contribution in [1.82, 2.24) is 18.7 Å². The fraction of sp³-hybridized carbons (Fsp3) is 0.333. The van der Waals surface area contributed by atoms with E-state index in [-0.39, 0.29) is 12.3 Å². The van der Waals surface area contributed by atoms with E-state index in [1.54, 1.807) is 23.7 Å². The lowest BCUT2D eigenvalue weighted by Gasteiger charge is -2.08. The number of aromatic nitrogens is 4. The summed E-state index contributed by atoms with van der Waals surface area (Å²) in [7, 11) is 3.00. The zero-order chi connectivity index (χ0) is 19.7. The van der Waals surface area contributed by atoms with Gasteiger partial charge >= 0.3 is 5.69 Å². The molecule has 0 bridgehead atoms. The number of anilines is 1. The third-order valence-electron chi connectivity index (χ3n) is 4.48. The van der Waals surface area contributed by atoms with Gasteiger partial charge in [-0.05, 0) is 31.0 Å². The van der Waals surface area contributed by atoms with Crippen LogP contribution in [0.4, 0.5) is 5.69 Å². The number of aryl methyl sites for hydroxylation is 3. The van der Waals surface area contributed by atoms with E-state index in [0.29, 0.717) is 34.8 Å². The van der Waals surface area contributed by atoms with E-state index < -0.39 is 11.2 Å². The van der Waals surface area contributed by atoms with Crippen molar-refractivity contribution in [2.24, 2.45) is 14.1 Å². The van der Waals surface area contributed by atoms with Gasteiger partial charge in [0.15, 0.2) is 11.2 Å². The van der Waals surface area contributed by atoms with Crippen molar-refractivity contribution in [3.8, 4) is 0 Å². The van der Waals surface area contributed by atoms with Gasteiger partial charge in [-0.3, -0.25) is 18.7 Å². The molecule has 0 spiro atoms. The minimum Gasteiger partial charge on any atom is -0.326 e. The summed E-state index contributed by atoms with van der Waals surface area (Å²) in [5.74, 6) is -0.139. The van der Waals surface area contributed by atoms with E-state index in [4.69, 9.17) is 11.6 Å². The average molecular weight is 390 g/mol. The van der Waals surface area contributed by atoms with Gasteiger partial charge in [0, 0.05) is 37.8 Å². The van der Waals surface area contributed by atoms with Crippen molar-refractivity contribution in [3.05, 3.63) is 56.0 Å². The van der Waals surface area contributed by atoms with Crippen LogP contribution in [-0.2, 0) is 25.4 Å². The Morgan fingerprint density at radius 2 is 1.96 bits per heavy atom. The van der Waals surface area contributed by atoms with Crippen molar-refractivity contribution in [3.63, 3.8) is 0 Å². The molecule has 1 aromatic carbocycles. The number of rotatable bonds is 5. The number of fused-ring (bicyclic) bond motifs is 1. The summed E-state index contributed by atoms with van der Waals surface area (Å²) < 4.78 is 4.06. The predicted octanol–water partition coefficient (Wildman–Crippen LogP) is 1.81. The fourth-order valence-electron chi connectivity index (χ4n) is 2.87. The molecule has 1 N–H and O–H groups in total. The van der Waals surface area contributed by atoms with Crippen LogP contribution in [0, 0.1) is 6.92 Å². The first-order valence-corrected chi connectivity index (χ1v) is 8.84. The van der Waals surface area contributed by atoms with Crippen LogP contribution in [0.25, 0.3) is 11.2 Å². The highest BCUT2D eigenvalue weighted by molar-refractivity contribution is 6.31. The third-order valence-corrected chi connectivity index (χ3v) is 4.88. The molecule has 0 aliphatic heterocycles. The molecule has 1 amide bonds. The Morgan fingerprint density at radius 3 is 2.67 bits per heavy atom. The molecule has 0 aliphatic rings. The second-order valence-corrected chi connectivity index (χ2v) is 6.84. The quantitative estimate of drug-likeness (QED) is 0.720. The molecule has 142 valence electrons. The number of halogens is 1. The molecule has 0 aliphatic carbocycles. The van der Waals surface area contributed by atoms with Crippen LogP contribution >= 0.6 is 11.6 Å². The molecule has 0 radical (unpaired) electrons. The monoisotopic (exact) mass is 389 g/mol. The molecule has 0 saturated heterocycles. The molecule has 3 rings (SSSR count). The average Bonchev–Trinajstić information content (AvgIpc) is 3.05. The van der Waals surface area contributed by atoms with Crippen LogP contribution in [-0.4, -0.2) is 24.6 Å². The first-order chi connectivity index (χ1) is 12.8. The van der Waals surface area contributed by atoms with Crippen LogP contribution in [0.15, 0.2) is 34.1 Å². The number of nitrogens with one attached hydrogen (secondary N) is 1. The topological polar surface area (TPSA) is 90.9 Å². The molecule has 27 heavy (non-hydrogen) atoms. The summed E-state index contributed by atoms with van der Waals surface area (Å²) in [6, 6.07) is 5.35. The molecular weight excluding hydrogens is 370 g/mol. The van der Waals surface area contributed by atoms with Crippen molar-refractivity contribution in [2.75, 3.05) is 5.32 Å². The van der Waals surface area contributed by atoms with Crippen LogP contribution in [0.5, 0.6) is 0 Å². The fourth-order valence-corrected chi connectivity index (χ4v) is 3.05. The maximum absolute atomic E-state index is 12.4. The van der Waals surface area contributed by atoms with E-state index in [1.165, 1.54) is 17.9 Å². The summed E-state index contributed by atoms with van der Waals surface area (Å²) >= 11 is 6.06. The lowest BCUT2D eigenvalue weighted by molar-refractivity contribution is -0.116. The summed E-state index contributed by atoms with van der Waals surface area (Å²) in [6.45, 7) is 2.33. The third kappa shape index (κ3) is 3.66. The molecule has 9 heteroatoms. The number of carbonyl (C=O) groups excluding carboxylic acids is 1. The first-order valence-electron chi connectivity index (χ1n) is 8.46. The molecule has 3 aromatic rings. The first kappa shape index (κ1) is 18.9. The van der Waals surface area contributed by atoms with Gasteiger partial charge in [-0.15, -0.1) is 0 Å². The van der Waals surface area contributed by atoms with Crippen molar-refractivity contribution < 1.29 is 4.79 Å². The van der Waals surface area contributed by atoms with Crippen molar-refractivity contribution >= 4 is 34.4 Å². The molecule has 2 aromatic heterocycles. The maximum atomic E-state index is 12.4. The van der Waals surface area contributed by atoms with Crippen molar-refractivity contribution in [1.29, 1.82) is 0 Å². The van der Waals surface area contributed by atoms with Gasteiger partial charge in [-0.25, -0.2) is 9.78 Å². The van der Waals surface area contributed by atoms with Gasteiger partial charge in [0.25, 0.3) is 5.56 Å². The zero-order valence-electron chi connectivity index (χ0n) is 15.3. The molecule has 0 atom stereocenters. The van der Waals surface area contributed by atoms with E-state index in [1.807, 2.05) is 13.0 Å². The lowest BCUT2D eigenvalue weighted by Crippen LogP contribution is -2.37. The largest absolute Gasteiger partial charge is 0.332 e. The van der Waals surface area contributed by atoms with E-state index in [2.05, 4.69) is 10.3 Å². The van der Waals surface area contributed by atoms with Gasteiger partial charge in [0.05, 0.1) is 6.33 Å². The van der Waals surface area contributed by atoms with Crippen LogP contribution in [0.1, 0.15) is 18.4 Å². The summed E-state index contributed by atoms with van der Waals surface area (Å²) in [4.78, 5) is 40.6. The SMILES string of the molecule is Cc1ccc(NC(=O)CCCn2cnc3c2c(=O)n(C)c(=O)n3C)cc1Cl. The number of hydrogen-bond acceptors (Lipinski definition) is 4. The summed E-state index contributed by atoms with van der Waals surface area (Å²) in [5, 5.41) is 3.40. The molecule has 2 heterocycles. The van der Waals surface area contributed by atoms with E-state index in [0.717, 1.165) is 10.1 Å². The predicted molar refractivity (Wildman–Crippen MR) is 104 cm³/mol. The van der Waals surface area contributed by atoms with E-state index >= 15 is 0 Å². The highest BCUT2D eigenvalue weighted by Gasteiger charge is 2.14. The van der Waals surface area contributed by atoms with Crippen LogP contribution < -0.4 is 16.6 Å². The smallest absolute Gasteiger partial charge is 0.326 e. The zero-order valence-corrected chi connectivity index (χ0v) is 16.1. The molecule has 0 fully saturated rings. The van der Waals surface area contributed by atoms with Crippen LogP contribution in [0.2, 0.25) is 5.02 Å². The Bertz CT molecular complexity index is 1140. The highest BCUT2D eigenvalue weighted by Crippen LogP contribution is 2.20. The molecule has 0 unspecified atom stereocenters. The van der Waals surface area contributed by atoms with Gasteiger partial charge in [-0.2, -0.15) is 0 Å². The molecule has 8 nitrogen and oxygen atoms in total. The maximum Gasteiger partial charge on any atom is 0.332 e. The Labute approximate surface area is 160 Å². The molecular formula is C18H20ClN5O3. The number of amides is 1. The standard InChI is InChI=1S/C18H20ClN5O3/c1-11-6-7-12(9-13(11)19)21-14(25)5-4-8-24-10-20-16-15(24)17(26)23(3)18(27)22(16)2/h6-7,9-10H,4-5,8H2,1-3H3,(H,21,25). The molecule has 0 saturated carbocycles. The van der Waals surface area contributed by atoms with Gasteiger partial charge in [0.2, 0.25) is 5.91 Å². The number of benzene rings is 1. The van der Waals surface area contributed by atoms with Crippen LogP contribution in [0.3, 0.4) is 0 Å². The highest BCUT2D eigenvalue weighted by atomic mass is 35.5. The normalized spacial score (nSPS) is 11.1. The minimum absolute atomic E-state index is 0.139. The second-order valence-electron chi connectivity index (χ2n) is 6.43. The van der Waals surface area contributed by atoms with Gasteiger partial charge in [0.1, 0.15) is 0 Å². The number of carbonyl (C=O) groups is 1. The number of hydrogen-bond donors (Lipinski definition) is 1. The second kappa shape index (κ2) is 7.40. The number of imidazole rings is 1. The van der Waals surface area contributed by atoms with Gasteiger partial charge in [-0.1, -0.05) is 17.7 Å². The Balaban J connectivity index is 1.69. The number of nitrogens with zero attached hydrogens (tertiary/aromatic N) is 4.